The van der Waals surface area contributed by atoms with E-state index in [1.165, 1.54) is 29.1 Å². The topological polar surface area (TPSA) is 69.5 Å². The van der Waals surface area contributed by atoms with Crippen molar-refractivity contribution in [3.8, 4) is 11.5 Å². The van der Waals surface area contributed by atoms with Gasteiger partial charge in [0, 0.05) is 30.6 Å². The van der Waals surface area contributed by atoms with Gasteiger partial charge in [-0.05, 0) is 37.1 Å². The molecule has 1 saturated heterocycles. The maximum absolute atomic E-state index is 13.9. The molecule has 2 aromatic carbocycles. The molecule has 1 aromatic heterocycles. The molecule has 0 saturated carbocycles. The number of halogens is 2. The smallest absolute Gasteiger partial charge is 0.276 e. The van der Waals surface area contributed by atoms with Crippen molar-refractivity contribution in [1.29, 1.82) is 0 Å². The van der Waals surface area contributed by atoms with Crippen molar-refractivity contribution in [2.45, 2.75) is 19.4 Å². The minimum absolute atomic E-state index is 0.121. The second-order valence-corrected chi connectivity index (χ2v) is 7.75. The molecule has 0 radical (unpaired) electrons. The first-order valence-electron chi connectivity index (χ1n) is 10.4. The van der Waals surface area contributed by atoms with Gasteiger partial charge in [-0.3, -0.25) is 4.79 Å². The van der Waals surface area contributed by atoms with Gasteiger partial charge in [-0.15, -0.1) is 5.10 Å². The summed E-state index contributed by atoms with van der Waals surface area (Å²) in [6.45, 7) is 1.49. The van der Waals surface area contributed by atoms with Crippen molar-refractivity contribution in [2.75, 3.05) is 26.8 Å². The van der Waals surface area contributed by atoms with Gasteiger partial charge in [0.05, 0.1) is 26.5 Å². The lowest BCUT2D eigenvalue weighted by atomic mass is 9.98. The summed E-state index contributed by atoms with van der Waals surface area (Å²) in [6, 6.07) is 11.1. The number of nitrogens with zero attached hydrogens (tertiary/aromatic N) is 4. The molecule has 168 valence electrons. The Hall–Kier alpha value is -3.49. The first kappa shape index (κ1) is 21.7. The summed E-state index contributed by atoms with van der Waals surface area (Å²) in [5.74, 6) is 0.0433. The quantitative estimate of drug-likeness (QED) is 0.560. The number of hydrogen-bond donors (Lipinski definition) is 0. The molecule has 0 N–H and O–H groups in total. The number of carbonyl (C=O) groups excluding carboxylic acids is 1. The van der Waals surface area contributed by atoms with Crippen LogP contribution in [0, 0.1) is 17.6 Å². The maximum atomic E-state index is 13.9. The van der Waals surface area contributed by atoms with E-state index in [0.717, 1.165) is 24.3 Å². The van der Waals surface area contributed by atoms with E-state index < -0.39 is 11.6 Å². The van der Waals surface area contributed by atoms with Gasteiger partial charge in [0.1, 0.15) is 23.1 Å². The number of amides is 1. The highest BCUT2D eigenvalue weighted by atomic mass is 19.1. The summed E-state index contributed by atoms with van der Waals surface area (Å²) in [4.78, 5) is 14.6. The van der Waals surface area contributed by atoms with Crippen LogP contribution >= 0.6 is 0 Å². The van der Waals surface area contributed by atoms with Crippen LogP contribution in [-0.2, 0) is 6.54 Å². The zero-order valence-corrected chi connectivity index (χ0v) is 17.7. The molecule has 3 aromatic rings. The van der Waals surface area contributed by atoms with Gasteiger partial charge in [-0.25, -0.2) is 13.5 Å². The first-order valence-corrected chi connectivity index (χ1v) is 10.4. The number of methoxy groups -OCH3 is 1. The van der Waals surface area contributed by atoms with Gasteiger partial charge in [0.2, 0.25) is 0 Å². The van der Waals surface area contributed by atoms with Gasteiger partial charge in [-0.1, -0.05) is 17.3 Å². The fraction of sp³-hybridized carbons (Fsp3) is 0.348. The number of benzene rings is 2. The first-order chi connectivity index (χ1) is 15.5. The molecule has 9 heteroatoms. The van der Waals surface area contributed by atoms with E-state index in [9.17, 15) is 13.6 Å². The average Bonchev–Trinajstić information content (AvgIpc) is 3.29. The third kappa shape index (κ3) is 5.04. The monoisotopic (exact) mass is 442 g/mol. The van der Waals surface area contributed by atoms with Crippen LogP contribution in [-0.4, -0.2) is 52.6 Å². The molecule has 4 rings (SSSR count). The molecule has 1 aliphatic heterocycles. The molecular formula is C23H24F2N4O3. The molecule has 7 nitrogen and oxygen atoms in total. The van der Waals surface area contributed by atoms with Crippen LogP contribution in [0.3, 0.4) is 0 Å². The number of hydrogen-bond acceptors (Lipinski definition) is 5. The van der Waals surface area contributed by atoms with Crippen LogP contribution in [0.25, 0.3) is 0 Å². The number of rotatable bonds is 7. The Morgan fingerprint density at radius 3 is 2.69 bits per heavy atom. The van der Waals surface area contributed by atoms with Gasteiger partial charge >= 0.3 is 0 Å². The molecular weight excluding hydrogens is 418 g/mol. The van der Waals surface area contributed by atoms with E-state index >= 15 is 0 Å². The van der Waals surface area contributed by atoms with E-state index in [4.69, 9.17) is 9.47 Å². The van der Waals surface area contributed by atoms with Crippen LogP contribution < -0.4 is 9.47 Å². The summed E-state index contributed by atoms with van der Waals surface area (Å²) in [5, 5.41) is 7.79. The van der Waals surface area contributed by atoms with Crippen LogP contribution in [0.2, 0.25) is 0 Å². The zero-order valence-electron chi connectivity index (χ0n) is 17.7. The highest BCUT2D eigenvalue weighted by Crippen LogP contribution is 2.23. The Bertz CT molecular complexity index is 1070. The Balaban J connectivity index is 1.36. The van der Waals surface area contributed by atoms with E-state index in [-0.39, 0.29) is 29.6 Å². The zero-order chi connectivity index (χ0) is 22.5. The summed E-state index contributed by atoms with van der Waals surface area (Å²) in [6.07, 6.45) is 3.23. The molecule has 1 atom stereocenters. The minimum Gasteiger partial charge on any atom is -0.497 e. The van der Waals surface area contributed by atoms with Crippen molar-refractivity contribution in [1.82, 2.24) is 19.9 Å². The van der Waals surface area contributed by atoms with Gasteiger partial charge in [-0.2, -0.15) is 0 Å². The van der Waals surface area contributed by atoms with Crippen molar-refractivity contribution in [2.24, 2.45) is 5.92 Å². The molecule has 1 amide bonds. The fourth-order valence-corrected chi connectivity index (χ4v) is 3.77. The second-order valence-electron chi connectivity index (χ2n) is 7.75. The van der Waals surface area contributed by atoms with Crippen LogP contribution in [0.15, 0.2) is 48.7 Å². The largest absolute Gasteiger partial charge is 0.497 e. The van der Waals surface area contributed by atoms with E-state index in [0.29, 0.717) is 19.7 Å². The second kappa shape index (κ2) is 9.76. The predicted octanol–water partition coefficient (Wildman–Crippen LogP) is 3.54. The summed E-state index contributed by atoms with van der Waals surface area (Å²) in [5.41, 5.74) is 0.0280. The van der Waals surface area contributed by atoms with Crippen molar-refractivity contribution in [3.63, 3.8) is 0 Å². The van der Waals surface area contributed by atoms with Gasteiger partial charge < -0.3 is 14.4 Å². The van der Waals surface area contributed by atoms with Crippen molar-refractivity contribution in [3.05, 3.63) is 71.6 Å². The Morgan fingerprint density at radius 2 is 1.91 bits per heavy atom. The highest BCUT2D eigenvalue weighted by Gasteiger charge is 2.27. The molecule has 0 bridgehead atoms. The summed E-state index contributed by atoms with van der Waals surface area (Å²) < 4.78 is 40.1. The molecule has 0 aliphatic carbocycles. The van der Waals surface area contributed by atoms with E-state index in [1.807, 2.05) is 24.3 Å². The summed E-state index contributed by atoms with van der Waals surface area (Å²) in [7, 11) is 1.60. The highest BCUT2D eigenvalue weighted by molar-refractivity contribution is 5.92. The van der Waals surface area contributed by atoms with E-state index in [2.05, 4.69) is 10.3 Å². The number of likely N-dealkylation sites (tertiary alicyclic amines) is 1. The Labute approximate surface area is 184 Å². The lowest BCUT2D eigenvalue weighted by molar-refractivity contribution is 0.0627. The number of carbonyl (C=O) groups is 1. The molecule has 1 fully saturated rings. The van der Waals surface area contributed by atoms with Gasteiger partial charge in [0.25, 0.3) is 5.91 Å². The molecule has 1 aliphatic rings. The third-order valence-electron chi connectivity index (χ3n) is 5.47. The van der Waals surface area contributed by atoms with Crippen molar-refractivity contribution < 1.29 is 23.0 Å². The lowest BCUT2D eigenvalue weighted by Gasteiger charge is -2.32. The van der Waals surface area contributed by atoms with Crippen LogP contribution in [0.1, 0.15) is 28.9 Å². The Morgan fingerprint density at radius 1 is 1.16 bits per heavy atom. The minimum atomic E-state index is -0.664. The maximum Gasteiger partial charge on any atom is 0.276 e. The lowest BCUT2D eigenvalue weighted by Crippen LogP contribution is -2.41. The predicted molar refractivity (Wildman–Crippen MR) is 113 cm³/mol. The standard InChI is InChI=1S/C23H24F2N4O3/c1-31-17-6-2-7-18(11-17)32-15-16-5-4-10-28(12-16)23(30)22-14-29(27-26-22)13-19-20(24)8-3-9-21(19)25/h2-3,6-9,11,14,16H,4-5,10,12-13,15H2,1H3. The van der Waals surface area contributed by atoms with E-state index in [1.54, 1.807) is 12.0 Å². The third-order valence-corrected chi connectivity index (χ3v) is 5.47. The normalized spacial score (nSPS) is 16.1. The Kier molecular flexibility index (Phi) is 6.63. The van der Waals surface area contributed by atoms with Crippen LogP contribution in [0.4, 0.5) is 8.78 Å². The number of aromatic nitrogens is 3. The van der Waals surface area contributed by atoms with Crippen LogP contribution in [0.5, 0.6) is 11.5 Å². The average molecular weight is 442 g/mol. The number of ether oxygens (including phenoxy) is 2. The fourth-order valence-electron chi connectivity index (χ4n) is 3.77. The molecule has 1 unspecified atom stereocenters. The molecule has 2 heterocycles. The van der Waals surface area contributed by atoms with Crippen molar-refractivity contribution >= 4 is 5.91 Å². The molecule has 32 heavy (non-hydrogen) atoms. The van der Waals surface area contributed by atoms with Gasteiger partial charge in [0.15, 0.2) is 5.69 Å². The SMILES string of the molecule is COc1cccc(OCC2CCCN(C(=O)c3cn(Cc4c(F)cccc4F)nn3)C2)c1. The number of piperidine rings is 1. The summed E-state index contributed by atoms with van der Waals surface area (Å²) >= 11 is 0. The molecule has 0 spiro atoms.